The van der Waals surface area contributed by atoms with Crippen LogP contribution < -0.4 is 5.32 Å². The molecule has 3 heteroatoms. The summed E-state index contributed by atoms with van der Waals surface area (Å²) < 4.78 is 5.08. The van der Waals surface area contributed by atoms with Crippen molar-refractivity contribution in [1.29, 1.82) is 0 Å². The molecule has 0 fully saturated rings. The van der Waals surface area contributed by atoms with Crippen LogP contribution in [0.25, 0.3) is 0 Å². The van der Waals surface area contributed by atoms with Gasteiger partial charge in [0.25, 0.3) is 0 Å². The minimum atomic E-state index is 0.602. The van der Waals surface area contributed by atoms with Crippen molar-refractivity contribution in [3.63, 3.8) is 0 Å². The molecule has 1 N–H and O–H groups in total. The summed E-state index contributed by atoms with van der Waals surface area (Å²) in [6, 6.07) is 0.602. The molecule has 0 amide bonds. The van der Waals surface area contributed by atoms with Crippen LogP contribution in [0, 0.1) is 5.92 Å². The number of rotatable bonds is 8. The van der Waals surface area contributed by atoms with Gasteiger partial charge in [-0.25, -0.2) is 0 Å². The van der Waals surface area contributed by atoms with E-state index in [1.165, 1.54) is 0 Å². The quantitative estimate of drug-likeness (QED) is 0.640. The van der Waals surface area contributed by atoms with Crippen LogP contribution in [0.15, 0.2) is 0 Å². The summed E-state index contributed by atoms with van der Waals surface area (Å²) in [7, 11) is 3.92. The third-order valence-electron chi connectivity index (χ3n) is 2.59. The molecule has 86 valence electrons. The smallest absolute Gasteiger partial charge is 0.0589 e. The lowest BCUT2D eigenvalue weighted by Gasteiger charge is -2.31. The Bertz CT molecular complexity index is 128. The van der Waals surface area contributed by atoms with Crippen molar-refractivity contribution in [1.82, 2.24) is 10.2 Å². The van der Waals surface area contributed by atoms with E-state index in [1.807, 2.05) is 0 Å². The van der Waals surface area contributed by atoms with E-state index in [0.717, 1.165) is 26.2 Å². The summed E-state index contributed by atoms with van der Waals surface area (Å²) >= 11 is 0. The zero-order valence-corrected chi connectivity index (χ0v) is 10.3. The lowest BCUT2D eigenvalue weighted by Crippen LogP contribution is -2.44. The highest BCUT2D eigenvalue weighted by molar-refractivity contribution is 4.74. The molecule has 1 atom stereocenters. The highest BCUT2D eigenvalue weighted by Crippen LogP contribution is 2.07. The number of nitrogens with zero attached hydrogens (tertiary/aromatic N) is 1. The Morgan fingerprint density at radius 3 is 2.43 bits per heavy atom. The molecule has 0 aliphatic carbocycles. The van der Waals surface area contributed by atoms with Crippen LogP contribution in [-0.4, -0.2) is 51.3 Å². The fourth-order valence-electron chi connectivity index (χ4n) is 1.59. The summed E-state index contributed by atoms with van der Waals surface area (Å²) in [5, 5.41) is 3.40. The summed E-state index contributed by atoms with van der Waals surface area (Å²) in [6.45, 7) is 10.6. The predicted molar refractivity (Wildman–Crippen MR) is 61.7 cm³/mol. The molecule has 0 bridgehead atoms. The Morgan fingerprint density at radius 1 is 1.36 bits per heavy atom. The van der Waals surface area contributed by atoms with Crippen molar-refractivity contribution in [2.75, 3.05) is 40.4 Å². The van der Waals surface area contributed by atoms with Gasteiger partial charge in [0.2, 0.25) is 0 Å². The highest BCUT2D eigenvalue weighted by atomic mass is 16.5. The van der Waals surface area contributed by atoms with Gasteiger partial charge in [-0.1, -0.05) is 20.8 Å². The van der Waals surface area contributed by atoms with Gasteiger partial charge in [-0.05, 0) is 19.5 Å². The van der Waals surface area contributed by atoms with E-state index in [0.29, 0.717) is 12.0 Å². The maximum Gasteiger partial charge on any atom is 0.0589 e. The van der Waals surface area contributed by atoms with Gasteiger partial charge in [0.05, 0.1) is 6.61 Å². The van der Waals surface area contributed by atoms with E-state index < -0.39 is 0 Å². The molecule has 3 nitrogen and oxygen atoms in total. The van der Waals surface area contributed by atoms with Crippen molar-refractivity contribution in [2.45, 2.75) is 26.8 Å². The van der Waals surface area contributed by atoms with E-state index in [2.05, 4.69) is 38.0 Å². The van der Waals surface area contributed by atoms with Crippen LogP contribution in [0.4, 0.5) is 0 Å². The SMILES string of the molecule is CCNCC(C(C)C)N(C)CCOC. The van der Waals surface area contributed by atoms with Crippen molar-refractivity contribution < 1.29 is 4.74 Å². The molecule has 0 saturated carbocycles. The molecule has 0 aliphatic heterocycles. The standard InChI is InChI=1S/C11H26N2O/c1-6-12-9-11(10(2)3)13(4)7-8-14-5/h10-12H,6-9H2,1-5H3. The highest BCUT2D eigenvalue weighted by Gasteiger charge is 2.17. The van der Waals surface area contributed by atoms with Crippen molar-refractivity contribution in [3.05, 3.63) is 0 Å². The van der Waals surface area contributed by atoms with Gasteiger partial charge in [-0.15, -0.1) is 0 Å². The predicted octanol–water partition coefficient (Wildman–Crippen LogP) is 1.20. The molecular formula is C11H26N2O. The monoisotopic (exact) mass is 202 g/mol. The molecule has 0 aromatic carbocycles. The molecule has 0 saturated heterocycles. The lowest BCUT2D eigenvalue weighted by atomic mass is 10.0. The summed E-state index contributed by atoms with van der Waals surface area (Å²) in [4.78, 5) is 2.37. The zero-order chi connectivity index (χ0) is 11.0. The number of likely N-dealkylation sites (N-methyl/N-ethyl adjacent to an activating group) is 2. The Balaban J connectivity index is 3.91. The maximum absolute atomic E-state index is 5.08. The molecule has 1 unspecified atom stereocenters. The van der Waals surface area contributed by atoms with Gasteiger partial charge in [-0.3, -0.25) is 4.90 Å². The third-order valence-corrected chi connectivity index (χ3v) is 2.59. The first kappa shape index (κ1) is 13.9. The Kier molecular flexibility index (Phi) is 8.14. The van der Waals surface area contributed by atoms with E-state index >= 15 is 0 Å². The summed E-state index contributed by atoms with van der Waals surface area (Å²) in [5.41, 5.74) is 0. The van der Waals surface area contributed by atoms with E-state index in [1.54, 1.807) is 7.11 Å². The van der Waals surface area contributed by atoms with E-state index in [4.69, 9.17) is 4.74 Å². The lowest BCUT2D eigenvalue weighted by molar-refractivity contribution is 0.120. The van der Waals surface area contributed by atoms with Crippen molar-refractivity contribution in [3.8, 4) is 0 Å². The first-order chi connectivity index (χ1) is 6.63. The molecule has 0 spiro atoms. The average molecular weight is 202 g/mol. The number of ether oxygens (including phenoxy) is 1. The van der Waals surface area contributed by atoms with Crippen LogP contribution in [0.1, 0.15) is 20.8 Å². The molecule has 0 aromatic rings. The van der Waals surface area contributed by atoms with Crippen LogP contribution in [0.2, 0.25) is 0 Å². The van der Waals surface area contributed by atoms with Gasteiger partial charge in [-0.2, -0.15) is 0 Å². The molecule has 0 aromatic heterocycles. The first-order valence-electron chi connectivity index (χ1n) is 5.53. The molecule has 14 heavy (non-hydrogen) atoms. The second-order valence-electron chi connectivity index (χ2n) is 4.09. The van der Waals surface area contributed by atoms with Crippen LogP contribution in [0.3, 0.4) is 0 Å². The van der Waals surface area contributed by atoms with Gasteiger partial charge in [0.15, 0.2) is 0 Å². The van der Waals surface area contributed by atoms with Gasteiger partial charge in [0.1, 0.15) is 0 Å². The Labute approximate surface area is 88.8 Å². The van der Waals surface area contributed by atoms with Crippen molar-refractivity contribution in [2.24, 2.45) is 5.92 Å². The van der Waals surface area contributed by atoms with Crippen LogP contribution in [0.5, 0.6) is 0 Å². The molecule has 0 radical (unpaired) electrons. The largest absolute Gasteiger partial charge is 0.383 e. The van der Waals surface area contributed by atoms with Crippen LogP contribution in [-0.2, 0) is 4.74 Å². The minimum Gasteiger partial charge on any atom is -0.383 e. The maximum atomic E-state index is 5.08. The molecular weight excluding hydrogens is 176 g/mol. The number of methoxy groups -OCH3 is 1. The van der Waals surface area contributed by atoms with Crippen molar-refractivity contribution >= 4 is 0 Å². The topological polar surface area (TPSA) is 24.5 Å². The normalized spacial score (nSPS) is 13.9. The summed E-state index contributed by atoms with van der Waals surface area (Å²) in [6.07, 6.45) is 0. The Morgan fingerprint density at radius 2 is 2.00 bits per heavy atom. The third kappa shape index (κ3) is 5.58. The summed E-state index contributed by atoms with van der Waals surface area (Å²) in [5.74, 6) is 0.677. The number of hydrogen-bond acceptors (Lipinski definition) is 3. The second-order valence-corrected chi connectivity index (χ2v) is 4.09. The van der Waals surface area contributed by atoms with Crippen LogP contribution >= 0.6 is 0 Å². The fraction of sp³-hybridized carbons (Fsp3) is 1.00. The minimum absolute atomic E-state index is 0.602. The van der Waals surface area contributed by atoms with E-state index in [-0.39, 0.29) is 0 Å². The zero-order valence-electron chi connectivity index (χ0n) is 10.3. The average Bonchev–Trinajstić information content (AvgIpc) is 2.14. The fourth-order valence-corrected chi connectivity index (χ4v) is 1.59. The first-order valence-corrected chi connectivity index (χ1v) is 5.53. The van der Waals surface area contributed by atoms with Gasteiger partial charge in [0, 0.05) is 26.2 Å². The molecule has 0 heterocycles. The number of nitrogens with one attached hydrogen (secondary N) is 1. The second kappa shape index (κ2) is 8.21. The number of hydrogen-bond donors (Lipinski definition) is 1. The van der Waals surface area contributed by atoms with E-state index in [9.17, 15) is 0 Å². The molecule has 0 rings (SSSR count). The van der Waals surface area contributed by atoms with Gasteiger partial charge < -0.3 is 10.1 Å². The Hall–Kier alpha value is -0.120. The van der Waals surface area contributed by atoms with Gasteiger partial charge >= 0.3 is 0 Å². The molecule has 0 aliphatic rings.